The molecule has 1 aromatic carbocycles. The Kier molecular flexibility index (Phi) is 5.33. The SMILES string of the molecule is CC(OCC(F)(F)F)C(=O)NC(C)c1ccc2c(c1)NC(=O)CO2. The van der Waals surface area contributed by atoms with Gasteiger partial charge in [0.15, 0.2) is 6.61 Å². The number of nitrogens with one attached hydrogen (secondary N) is 2. The summed E-state index contributed by atoms with van der Waals surface area (Å²) in [4.78, 5) is 23.2. The molecule has 2 amide bonds. The van der Waals surface area contributed by atoms with Crippen molar-refractivity contribution >= 4 is 17.5 Å². The molecule has 132 valence electrons. The van der Waals surface area contributed by atoms with Gasteiger partial charge in [0.2, 0.25) is 5.91 Å². The fraction of sp³-hybridized carbons (Fsp3) is 0.467. The third-order valence-corrected chi connectivity index (χ3v) is 3.36. The van der Waals surface area contributed by atoms with E-state index >= 15 is 0 Å². The number of carbonyl (C=O) groups is 2. The van der Waals surface area contributed by atoms with Crippen LogP contribution in [-0.2, 0) is 14.3 Å². The smallest absolute Gasteiger partial charge is 0.411 e. The summed E-state index contributed by atoms with van der Waals surface area (Å²) in [7, 11) is 0. The predicted molar refractivity (Wildman–Crippen MR) is 78.6 cm³/mol. The molecular formula is C15H17F3N2O4. The van der Waals surface area contributed by atoms with Crippen LogP contribution in [0.3, 0.4) is 0 Å². The minimum atomic E-state index is -4.49. The summed E-state index contributed by atoms with van der Waals surface area (Å²) in [5.74, 6) is -0.436. The fourth-order valence-corrected chi connectivity index (χ4v) is 2.08. The van der Waals surface area contributed by atoms with Crippen LogP contribution in [0.1, 0.15) is 25.5 Å². The summed E-state index contributed by atoms with van der Waals surface area (Å²) in [5.41, 5.74) is 1.14. The minimum absolute atomic E-state index is 0.0628. The van der Waals surface area contributed by atoms with Crippen LogP contribution in [0.5, 0.6) is 5.75 Å². The predicted octanol–water partition coefficient (Wildman–Crippen LogP) is 2.16. The lowest BCUT2D eigenvalue weighted by atomic mass is 10.1. The van der Waals surface area contributed by atoms with Crippen molar-refractivity contribution < 1.29 is 32.2 Å². The van der Waals surface area contributed by atoms with Crippen LogP contribution < -0.4 is 15.4 Å². The number of alkyl halides is 3. The number of hydrogen-bond acceptors (Lipinski definition) is 4. The number of rotatable bonds is 5. The molecule has 1 aromatic rings. The van der Waals surface area contributed by atoms with Gasteiger partial charge in [-0.05, 0) is 31.5 Å². The van der Waals surface area contributed by atoms with Crippen molar-refractivity contribution in [3.05, 3.63) is 23.8 Å². The number of benzene rings is 1. The van der Waals surface area contributed by atoms with Gasteiger partial charge in [0.25, 0.3) is 5.91 Å². The van der Waals surface area contributed by atoms with Gasteiger partial charge in [0.1, 0.15) is 18.5 Å². The lowest BCUT2D eigenvalue weighted by Crippen LogP contribution is -2.37. The average Bonchev–Trinajstić information content (AvgIpc) is 2.50. The zero-order chi connectivity index (χ0) is 17.9. The second-order valence-corrected chi connectivity index (χ2v) is 5.39. The highest BCUT2D eigenvalue weighted by Crippen LogP contribution is 2.30. The largest absolute Gasteiger partial charge is 0.482 e. The second kappa shape index (κ2) is 7.08. The molecular weight excluding hydrogens is 329 g/mol. The molecule has 1 aliphatic rings. The number of fused-ring (bicyclic) bond motifs is 1. The molecule has 2 atom stereocenters. The van der Waals surface area contributed by atoms with Gasteiger partial charge >= 0.3 is 6.18 Å². The normalized spacial score (nSPS) is 16.5. The van der Waals surface area contributed by atoms with Crippen LogP contribution in [-0.4, -0.2) is 37.3 Å². The molecule has 1 aliphatic heterocycles. The Hall–Kier alpha value is -2.29. The van der Waals surface area contributed by atoms with Crippen molar-refractivity contribution in [2.45, 2.75) is 32.2 Å². The molecule has 0 saturated carbocycles. The summed E-state index contributed by atoms with van der Waals surface area (Å²) >= 11 is 0. The van der Waals surface area contributed by atoms with Crippen molar-refractivity contribution in [1.29, 1.82) is 0 Å². The Labute approximate surface area is 136 Å². The van der Waals surface area contributed by atoms with Gasteiger partial charge in [0.05, 0.1) is 11.7 Å². The Bertz CT molecular complexity index is 634. The summed E-state index contributed by atoms with van der Waals surface area (Å²) in [6, 6.07) is 4.50. The van der Waals surface area contributed by atoms with E-state index in [1.807, 2.05) is 0 Å². The number of ether oxygens (including phenoxy) is 2. The fourth-order valence-electron chi connectivity index (χ4n) is 2.08. The van der Waals surface area contributed by atoms with Crippen LogP contribution in [0.4, 0.5) is 18.9 Å². The van der Waals surface area contributed by atoms with Gasteiger partial charge in [-0.15, -0.1) is 0 Å². The van der Waals surface area contributed by atoms with Crippen molar-refractivity contribution in [2.75, 3.05) is 18.5 Å². The Morgan fingerprint density at radius 1 is 1.42 bits per heavy atom. The van der Waals surface area contributed by atoms with E-state index < -0.39 is 30.8 Å². The van der Waals surface area contributed by atoms with Gasteiger partial charge in [-0.3, -0.25) is 9.59 Å². The van der Waals surface area contributed by atoms with E-state index in [2.05, 4.69) is 15.4 Å². The van der Waals surface area contributed by atoms with Crippen LogP contribution in [0.2, 0.25) is 0 Å². The van der Waals surface area contributed by atoms with E-state index in [9.17, 15) is 22.8 Å². The topological polar surface area (TPSA) is 76.7 Å². The van der Waals surface area contributed by atoms with E-state index in [1.54, 1.807) is 25.1 Å². The summed E-state index contributed by atoms with van der Waals surface area (Å²) in [6.07, 6.45) is -5.73. The monoisotopic (exact) mass is 346 g/mol. The van der Waals surface area contributed by atoms with Crippen LogP contribution in [0, 0.1) is 0 Å². The van der Waals surface area contributed by atoms with Crippen molar-refractivity contribution in [1.82, 2.24) is 5.32 Å². The zero-order valence-corrected chi connectivity index (χ0v) is 13.1. The van der Waals surface area contributed by atoms with Crippen LogP contribution in [0.15, 0.2) is 18.2 Å². The van der Waals surface area contributed by atoms with Crippen molar-refractivity contribution in [3.8, 4) is 5.75 Å². The lowest BCUT2D eigenvalue weighted by Gasteiger charge is -2.22. The molecule has 2 unspecified atom stereocenters. The van der Waals surface area contributed by atoms with Crippen LogP contribution in [0.25, 0.3) is 0 Å². The third-order valence-electron chi connectivity index (χ3n) is 3.36. The van der Waals surface area contributed by atoms with E-state index in [1.165, 1.54) is 6.92 Å². The molecule has 0 aliphatic carbocycles. The van der Waals surface area contributed by atoms with Gasteiger partial charge in [-0.1, -0.05) is 6.07 Å². The maximum atomic E-state index is 12.1. The van der Waals surface area contributed by atoms with Gasteiger partial charge < -0.3 is 20.1 Å². The Morgan fingerprint density at radius 3 is 2.79 bits per heavy atom. The zero-order valence-electron chi connectivity index (χ0n) is 13.1. The first kappa shape index (κ1) is 18.1. The van der Waals surface area contributed by atoms with Crippen molar-refractivity contribution in [3.63, 3.8) is 0 Å². The molecule has 0 spiro atoms. The first-order valence-electron chi connectivity index (χ1n) is 7.21. The highest BCUT2D eigenvalue weighted by atomic mass is 19.4. The van der Waals surface area contributed by atoms with Gasteiger partial charge in [-0.2, -0.15) is 13.2 Å². The molecule has 0 bridgehead atoms. The Balaban J connectivity index is 1.96. The number of anilines is 1. The molecule has 2 N–H and O–H groups in total. The molecule has 2 rings (SSSR count). The quantitative estimate of drug-likeness (QED) is 0.857. The Morgan fingerprint density at radius 2 is 2.12 bits per heavy atom. The molecule has 0 radical (unpaired) electrons. The number of amides is 2. The molecule has 9 heteroatoms. The van der Waals surface area contributed by atoms with E-state index in [4.69, 9.17) is 4.74 Å². The maximum Gasteiger partial charge on any atom is 0.411 e. The standard InChI is InChI=1S/C15H17F3N2O4/c1-8(19-14(22)9(2)24-7-15(16,17)18)10-3-4-12-11(5-10)20-13(21)6-23-12/h3-5,8-9H,6-7H2,1-2H3,(H,19,22)(H,20,21). The molecule has 6 nitrogen and oxygen atoms in total. The molecule has 24 heavy (non-hydrogen) atoms. The van der Waals surface area contributed by atoms with E-state index in [0.29, 0.717) is 17.0 Å². The third kappa shape index (κ3) is 4.85. The summed E-state index contributed by atoms with van der Waals surface area (Å²) in [6.45, 7) is 1.36. The first-order valence-corrected chi connectivity index (χ1v) is 7.21. The second-order valence-electron chi connectivity index (χ2n) is 5.39. The number of halogens is 3. The van der Waals surface area contributed by atoms with E-state index in [0.717, 1.165) is 0 Å². The highest BCUT2D eigenvalue weighted by Gasteiger charge is 2.30. The van der Waals surface area contributed by atoms with Crippen molar-refractivity contribution in [2.24, 2.45) is 0 Å². The summed E-state index contributed by atoms with van der Waals surface area (Å²) in [5, 5.41) is 5.21. The average molecular weight is 346 g/mol. The first-order chi connectivity index (χ1) is 11.2. The maximum absolute atomic E-state index is 12.1. The number of hydrogen-bond donors (Lipinski definition) is 2. The van der Waals surface area contributed by atoms with E-state index in [-0.39, 0.29) is 12.5 Å². The molecule has 1 heterocycles. The van der Waals surface area contributed by atoms with Crippen LogP contribution >= 0.6 is 0 Å². The molecule has 0 fully saturated rings. The molecule has 0 aromatic heterocycles. The summed E-state index contributed by atoms with van der Waals surface area (Å²) < 4.78 is 46.0. The van der Waals surface area contributed by atoms with Gasteiger partial charge in [0, 0.05) is 0 Å². The highest BCUT2D eigenvalue weighted by molar-refractivity contribution is 5.95. The lowest BCUT2D eigenvalue weighted by molar-refractivity contribution is -0.185. The molecule has 0 saturated heterocycles. The van der Waals surface area contributed by atoms with Gasteiger partial charge in [-0.25, -0.2) is 0 Å². The number of carbonyl (C=O) groups excluding carboxylic acids is 2. The minimum Gasteiger partial charge on any atom is -0.482 e.